The lowest BCUT2D eigenvalue weighted by Crippen LogP contribution is -2.05. The molecular weight excluding hydrogens is 427 g/mol. The van der Waals surface area contributed by atoms with Crippen molar-refractivity contribution in [3.63, 3.8) is 0 Å². The highest BCUT2D eigenvalue weighted by Gasteiger charge is 2.21. The normalized spacial score (nSPS) is 11.2. The molecule has 0 aliphatic rings. The van der Waals surface area contributed by atoms with Gasteiger partial charge in [-0.25, -0.2) is 9.97 Å². The SMILES string of the molecule is CCP(=S)(Oc1cccc(Br)n1)Oc1cccc(Br)n1. The summed E-state index contributed by atoms with van der Waals surface area (Å²) in [6.45, 7) is -0.590. The smallest absolute Gasteiger partial charge is 0.290 e. The number of hydrogen-bond donors (Lipinski definition) is 0. The number of rotatable bonds is 5. The van der Waals surface area contributed by atoms with Gasteiger partial charge >= 0.3 is 0 Å². The molecule has 0 saturated heterocycles. The molecule has 20 heavy (non-hydrogen) atoms. The summed E-state index contributed by atoms with van der Waals surface area (Å²) in [6, 6.07) is 10.8. The molecule has 0 fully saturated rings. The molecule has 106 valence electrons. The van der Waals surface area contributed by atoms with Crippen LogP contribution in [0.2, 0.25) is 0 Å². The van der Waals surface area contributed by atoms with E-state index in [4.69, 9.17) is 20.9 Å². The zero-order valence-corrected chi connectivity index (χ0v) is 15.4. The molecule has 0 spiro atoms. The van der Waals surface area contributed by atoms with Gasteiger partial charge in [-0.2, -0.15) is 0 Å². The summed E-state index contributed by atoms with van der Waals surface area (Å²) in [6.07, 6.45) is 0.574. The summed E-state index contributed by atoms with van der Waals surface area (Å²) < 4.78 is 12.9. The monoisotopic (exact) mass is 436 g/mol. The zero-order chi connectivity index (χ0) is 14.6. The van der Waals surface area contributed by atoms with Crippen LogP contribution in [0.25, 0.3) is 0 Å². The third-order valence-corrected chi connectivity index (χ3v) is 6.04. The van der Waals surface area contributed by atoms with E-state index in [1.165, 1.54) is 0 Å². The molecule has 4 nitrogen and oxygen atoms in total. The minimum Gasteiger partial charge on any atom is -0.417 e. The lowest BCUT2D eigenvalue weighted by Gasteiger charge is -2.21. The van der Waals surface area contributed by atoms with Crippen LogP contribution in [0.5, 0.6) is 11.8 Å². The van der Waals surface area contributed by atoms with Gasteiger partial charge in [0.1, 0.15) is 9.21 Å². The molecule has 2 heterocycles. The van der Waals surface area contributed by atoms with E-state index >= 15 is 0 Å². The second kappa shape index (κ2) is 6.98. The predicted octanol–water partition coefficient (Wildman–Crippen LogP) is 4.79. The van der Waals surface area contributed by atoms with Crippen LogP contribution in [-0.2, 0) is 11.8 Å². The van der Waals surface area contributed by atoms with E-state index in [0.29, 0.717) is 27.1 Å². The predicted molar refractivity (Wildman–Crippen MR) is 90.0 cm³/mol. The van der Waals surface area contributed by atoms with Gasteiger partial charge in [0.15, 0.2) is 0 Å². The fourth-order valence-corrected chi connectivity index (χ4v) is 3.50. The first-order valence-electron chi connectivity index (χ1n) is 5.74. The largest absolute Gasteiger partial charge is 0.417 e. The zero-order valence-electron chi connectivity index (χ0n) is 10.5. The molecule has 0 aliphatic carbocycles. The van der Waals surface area contributed by atoms with E-state index in [1.807, 2.05) is 31.2 Å². The maximum atomic E-state index is 5.78. The van der Waals surface area contributed by atoms with Crippen molar-refractivity contribution in [2.24, 2.45) is 0 Å². The summed E-state index contributed by atoms with van der Waals surface area (Å²) in [5.74, 6) is 0.888. The van der Waals surface area contributed by atoms with E-state index in [0.717, 1.165) is 0 Å². The first-order chi connectivity index (χ1) is 9.50. The highest BCUT2D eigenvalue weighted by atomic mass is 79.9. The van der Waals surface area contributed by atoms with Crippen molar-refractivity contribution in [1.29, 1.82) is 0 Å². The summed E-state index contributed by atoms with van der Waals surface area (Å²) in [4.78, 5) is 8.42. The van der Waals surface area contributed by atoms with Crippen LogP contribution >= 0.6 is 38.4 Å². The molecule has 0 amide bonds. The number of pyridine rings is 2. The average Bonchev–Trinajstić information content (AvgIpc) is 2.38. The van der Waals surface area contributed by atoms with Crippen LogP contribution in [-0.4, -0.2) is 16.1 Å². The Labute approximate surface area is 139 Å². The van der Waals surface area contributed by atoms with Gasteiger partial charge in [-0.1, -0.05) is 19.1 Å². The van der Waals surface area contributed by atoms with Crippen molar-refractivity contribution in [2.45, 2.75) is 6.92 Å². The lowest BCUT2D eigenvalue weighted by molar-refractivity contribution is 0.465. The molecule has 0 unspecified atom stereocenters. The van der Waals surface area contributed by atoms with Gasteiger partial charge < -0.3 is 9.05 Å². The molecule has 2 rings (SSSR count). The second-order valence-electron chi connectivity index (χ2n) is 3.71. The van der Waals surface area contributed by atoms with E-state index < -0.39 is 6.49 Å². The molecule has 0 radical (unpaired) electrons. The third-order valence-electron chi connectivity index (χ3n) is 2.23. The highest BCUT2D eigenvalue weighted by molar-refractivity contribution is 9.10. The molecule has 0 aliphatic heterocycles. The van der Waals surface area contributed by atoms with Crippen molar-refractivity contribution in [2.75, 3.05) is 6.16 Å². The Balaban J connectivity index is 2.19. The molecule has 2 aromatic heterocycles. The van der Waals surface area contributed by atoms with Crippen LogP contribution in [0.3, 0.4) is 0 Å². The first kappa shape index (κ1) is 15.9. The maximum absolute atomic E-state index is 5.78. The summed E-state index contributed by atoms with van der Waals surface area (Å²) in [5.41, 5.74) is 0. The van der Waals surface area contributed by atoms with E-state index in [-0.39, 0.29) is 0 Å². The van der Waals surface area contributed by atoms with Gasteiger partial charge in [0.2, 0.25) is 11.8 Å². The van der Waals surface area contributed by atoms with Crippen LogP contribution in [0.15, 0.2) is 45.6 Å². The Bertz CT molecular complexity index is 605. The molecule has 0 saturated carbocycles. The standard InChI is InChI=1S/C12H11Br2N2O2PS/c1-2-19(20,17-11-7-3-5-9(13)15-11)18-12-8-4-6-10(14)16-12/h3-8H,2H2,1H3. The van der Waals surface area contributed by atoms with Gasteiger partial charge in [-0.3, -0.25) is 0 Å². The van der Waals surface area contributed by atoms with Gasteiger partial charge in [-0.05, 0) is 55.8 Å². The van der Waals surface area contributed by atoms with Crippen LogP contribution in [0.4, 0.5) is 0 Å². The molecule has 8 heteroatoms. The fourth-order valence-electron chi connectivity index (χ4n) is 1.31. The topological polar surface area (TPSA) is 44.2 Å². The van der Waals surface area contributed by atoms with E-state index in [1.54, 1.807) is 12.1 Å². The molecule has 0 atom stereocenters. The average molecular weight is 438 g/mol. The van der Waals surface area contributed by atoms with Crippen molar-refractivity contribution in [3.05, 3.63) is 45.6 Å². The fraction of sp³-hybridized carbons (Fsp3) is 0.167. The van der Waals surface area contributed by atoms with Gasteiger partial charge in [0.25, 0.3) is 6.49 Å². The van der Waals surface area contributed by atoms with E-state index in [2.05, 4.69) is 41.8 Å². The van der Waals surface area contributed by atoms with E-state index in [9.17, 15) is 0 Å². The Morgan fingerprint density at radius 2 is 1.45 bits per heavy atom. The van der Waals surface area contributed by atoms with Crippen molar-refractivity contribution in [3.8, 4) is 11.8 Å². The Morgan fingerprint density at radius 1 is 1.00 bits per heavy atom. The molecule has 2 aromatic rings. The molecule has 0 N–H and O–H groups in total. The van der Waals surface area contributed by atoms with Crippen molar-refractivity contribution in [1.82, 2.24) is 9.97 Å². The van der Waals surface area contributed by atoms with Crippen LogP contribution in [0.1, 0.15) is 6.92 Å². The Morgan fingerprint density at radius 3 is 1.80 bits per heavy atom. The van der Waals surface area contributed by atoms with Crippen LogP contribution < -0.4 is 9.05 Å². The number of hydrogen-bond acceptors (Lipinski definition) is 5. The minimum absolute atomic E-state index is 0.444. The minimum atomic E-state index is -2.52. The molecule has 0 aromatic carbocycles. The third kappa shape index (κ3) is 4.52. The van der Waals surface area contributed by atoms with Crippen molar-refractivity contribution >= 4 is 50.2 Å². The summed E-state index contributed by atoms with van der Waals surface area (Å²) in [5, 5.41) is 0. The lowest BCUT2D eigenvalue weighted by atomic mass is 10.5. The number of halogens is 2. The van der Waals surface area contributed by atoms with Gasteiger partial charge in [0, 0.05) is 18.3 Å². The quantitative estimate of drug-likeness (QED) is 0.497. The number of aromatic nitrogens is 2. The number of nitrogens with zero attached hydrogens (tertiary/aromatic N) is 2. The van der Waals surface area contributed by atoms with Gasteiger partial charge in [-0.15, -0.1) is 0 Å². The summed E-state index contributed by atoms with van der Waals surface area (Å²) in [7, 11) is 0. The summed E-state index contributed by atoms with van der Waals surface area (Å²) >= 11 is 12.1. The Kier molecular flexibility index (Phi) is 5.55. The Hall–Kier alpha value is -0.490. The molecular formula is C12H11Br2N2O2PS. The first-order valence-corrected chi connectivity index (χ1v) is 10.1. The van der Waals surface area contributed by atoms with Crippen molar-refractivity contribution < 1.29 is 9.05 Å². The molecule has 0 bridgehead atoms. The highest BCUT2D eigenvalue weighted by Crippen LogP contribution is 2.47. The van der Waals surface area contributed by atoms with Gasteiger partial charge in [0.05, 0.1) is 0 Å². The van der Waals surface area contributed by atoms with Crippen LogP contribution in [0, 0.1) is 0 Å². The maximum Gasteiger partial charge on any atom is 0.290 e. The second-order valence-corrected chi connectivity index (χ2v) is 9.22.